The van der Waals surface area contributed by atoms with Crippen LogP contribution in [0.5, 0.6) is 0 Å². The van der Waals surface area contributed by atoms with Crippen LogP contribution in [-0.4, -0.2) is 35.8 Å². The summed E-state index contributed by atoms with van der Waals surface area (Å²) in [6.45, 7) is 0.962. The molecule has 2 fully saturated rings. The number of nitrogens with zero attached hydrogens (tertiary/aromatic N) is 1. The van der Waals surface area contributed by atoms with Gasteiger partial charge in [0.25, 0.3) is 5.91 Å². The summed E-state index contributed by atoms with van der Waals surface area (Å²) in [5.41, 5.74) is 1.10. The van der Waals surface area contributed by atoms with Crippen molar-refractivity contribution in [2.24, 2.45) is 5.92 Å². The van der Waals surface area contributed by atoms with Gasteiger partial charge >= 0.3 is 0 Å². The van der Waals surface area contributed by atoms with Crippen LogP contribution in [0.2, 0.25) is 0 Å². The van der Waals surface area contributed by atoms with Crippen LogP contribution in [0, 0.1) is 5.92 Å². The number of hydrogen-bond acceptors (Lipinski definition) is 3. The summed E-state index contributed by atoms with van der Waals surface area (Å²) in [5.74, 6) is 0.0320. The molecule has 0 unspecified atom stereocenters. The Morgan fingerprint density at radius 1 is 1.04 bits per heavy atom. The molecule has 2 heterocycles. The average molecular weight is 324 g/mol. The lowest BCUT2D eigenvalue weighted by Gasteiger charge is -2.17. The third-order valence-corrected chi connectivity index (χ3v) is 4.83. The number of hydrogen-bond donors (Lipinski definition) is 1. The highest BCUT2D eigenvalue weighted by Crippen LogP contribution is 2.34. The topological polar surface area (TPSA) is 62.6 Å². The largest absolute Gasteiger partial charge is 0.459 e. The van der Waals surface area contributed by atoms with Gasteiger partial charge in [0, 0.05) is 25.0 Å². The smallest absolute Gasteiger partial charge is 0.289 e. The van der Waals surface area contributed by atoms with Crippen LogP contribution in [0.15, 0.2) is 53.1 Å². The molecule has 2 aliphatic rings. The van der Waals surface area contributed by atoms with Gasteiger partial charge in [0.1, 0.15) is 0 Å². The molecule has 0 bridgehead atoms. The highest BCUT2D eigenvalue weighted by atomic mass is 16.3. The van der Waals surface area contributed by atoms with Gasteiger partial charge in [-0.2, -0.15) is 0 Å². The number of likely N-dealkylation sites (tertiary alicyclic amines) is 1. The molecule has 1 saturated heterocycles. The molecule has 5 nitrogen and oxygen atoms in total. The van der Waals surface area contributed by atoms with Crippen LogP contribution in [-0.2, 0) is 4.79 Å². The molecule has 124 valence electrons. The molecule has 1 aromatic heterocycles. The van der Waals surface area contributed by atoms with Gasteiger partial charge < -0.3 is 14.6 Å². The summed E-state index contributed by atoms with van der Waals surface area (Å²) in [6, 6.07) is 13.7. The first-order valence-corrected chi connectivity index (χ1v) is 8.40. The lowest BCUT2D eigenvalue weighted by atomic mass is 9.88. The van der Waals surface area contributed by atoms with Crippen LogP contribution in [0.4, 0.5) is 0 Å². The number of amides is 2. The number of carbonyl (C=O) groups excluding carboxylic acids is 2. The lowest BCUT2D eigenvalue weighted by Crippen LogP contribution is -2.36. The van der Waals surface area contributed by atoms with Crippen LogP contribution in [0.25, 0.3) is 0 Å². The summed E-state index contributed by atoms with van der Waals surface area (Å²) in [4.78, 5) is 27.0. The Hall–Kier alpha value is -2.56. The van der Waals surface area contributed by atoms with Crippen LogP contribution in [0.3, 0.4) is 0 Å². The molecule has 2 aromatic rings. The Kier molecular flexibility index (Phi) is 3.84. The predicted octanol–water partition coefficient (Wildman–Crippen LogP) is 2.41. The lowest BCUT2D eigenvalue weighted by molar-refractivity contribution is -0.125. The molecule has 1 N–H and O–H groups in total. The van der Waals surface area contributed by atoms with Gasteiger partial charge in [-0.1, -0.05) is 30.3 Å². The predicted molar refractivity (Wildman–Crippen MR) is 88.4 cm³/mol. The quantitative estimate of drug-likeness (QED) is 0.939. The number of rotatable bonds is 4. The summed E-state index contributed by atoms with van der Waals surface area (Å²) < 4.78 is 5.23. The number of furan rings is 1. The standard InChI is InChI=1S/C19H20N2O3/c22-18(20-14-8-9-14)16-12-21(19(23)17-7-4-10-24-17)11-15(16)13-5-2-1-3-6-13/h1-7,10,14-16H,8-9,11-12H2,(H,20,22)/t15-,16-/m1/s1. The van der Waals surface area contributed by atoms with E-state index in [2.05, 4.69) is 5.32 Å². The van der Waals surface area contributed by atoms with Gasteiger partial charge in [-0.05, 0) is 30.5 Å². The van der Waals surface area contributed by atoms with Gasteiger partial charge in [-0.3, -0.25) is 9.59 Å². The first-order valence-electron chi connectivity index (χ1n) is 8.40. The molecular weight excluding hydrogens is 304 g/mol. The van der Waals surface area contributed by atoms with E-state index in [0.29, 0.717) is 24.9 Å². The molecule has 0 spiro atoms. The fraction of sp³-hybridized carbons (Fsp3) is 0.368. The fourth-order valence-electron chi connectivity index (χ4n) is 3.37. The van der Waals surface area contributed by atoms with E-state index >= 15 is 0 Å². The van der Waals surface area contributed by atoms with Crippen molar-refractivity contribution < 1.29 is 14.0 Å². The Labute approximate surface area is 140 Å². The molecule has 1 aliphatic heterocycles. The van der Waals surface area contributed by atoms with Gasteiger partial charge in [0.05, 0.1) is 12.2 Å². The fourth-order valence-corrected chi connectivity index (χ4v) is 3.37. The van der Waals surface area contributed by atoms with Crippen molar-refractivity contribution in [2.45, 2.75) is 24.8 Å². The molecular formula is C19H20N2O3. The summed E-state index contributed by atoms with van der Waals surface area (Å²) >= 11 is 0. The minimum absolute atomic E-state index is 0.0175. The second-order valence-electron chi connectivity index (χ2n) is 6.59. The minimum atomic E-state index is -0.216. The van der Waals surface area contributed by atoms with E-state index in [4.69, 9.17) is 4.42 Å². The van der Waals surface area contributed by atoms with E-state index in [0.717, 1.165) is 18.4 Å². The highest BCUT2D eigenvalue weighted by molar-refractivity contribution is 5.92. The zero-order chi connectivity index (χ0) is 16.5. The first kappa shape index (κ1) is 15.0. The van der Waals surface area contributed by atoms with E-state index in [9.17, 15) is 9.59 Å². The molecule has 1 saturated carbocycles. The van der Waals surface area contributed by atoms with Crippen LogP contribution >= 0.6 is 0 Å². The molecule has 2 atom stereocenters. The van der Waals surface area contributed by atoms with E-state index in [1.54, 1.807) is 17.0 Å². The molecule has 2 amide bonds. The van der Waals surface area contributed by atoms with Crippen molar-refractivity contribution in [1.82, 2.24) is 10.2 Å². The van der Waals surface area contributed by atoms with Gasteiger partial charge in [-0.15, -0.1) is 0 Å². The van der Waals surface area contributed by atoms with Crippen LogP contribution in [0.1, 0.15) is 34.9 Å². The SMILES string of the molecule is O=C(NC1CC1)[C@@H]1CN(C(=O)c2ccco2)C[C@@H]1c1ccccc1. The minimum Gasteiger partial charge on any atom is -0.459 e. The van der Waals surface area contributed by atoms with Crippen molar-refractivity contribution in [3.63, 3.8) is 0 Å². The Bertz CT molecular complexity index is 722. The summed E-state index contributed by atoms with van der Waals surface area (Å²) in [5, 5.41) is 3.09. The third kappa shape index (κ3) is 2.94. The Balaban J connectivity index is 1.57. The maximum absolute atomic E-state index is 12.7. The second kappa shape index (κ2) is 6.15. The Morgan fingerprint density at radius 2 is 1.83 bits per heavy atom. The Morgan fingerprint density at radius 3 is 2.50 bits per heavy atom. The number of carbonyl (C=O) groups is 2. The van der Waals surface area contributed by atoms with Gasteiger partial charge in [-0.25, -0.2) is 0 Å². The van der Waals surface area contributed by atoms with E-state index in [-0.39, 0.29) is 23.7 Å². The normalized spacial score (nSPS) is 23.2. The van der Waals surface area contributed by atoms with Gasteiger partial charge in [0.15, 0.2) is 5.76 Å². The first-order chi connectivity index (χ1) is 11.7. The zero-order valence-corrected chi connectivity index (χ0v) is 13.4. The number of nitrogens with one attached hydrogen (secondary N) is 1. The van der Waals surface area contributed by atoms with Crippen molar-refractivity contribution in [1.29, 1.82) is 0 Å². The second-order valence-corrected chi connectivity index (χ2v) is 6.59. The van der Waals surface area contributed by atoms with Gasteiger partial charge in [0.2, 0.25) is 5.91 Å². The van der Waals surface area contributed by atoms with Crippen molar-refractivity contribution >= 4 is 11.8 Å². The molecule has 5 heteroatoms. The monoisotopic (exact) mass is 324 g/mol. The molecule has 24 heavy (non-hydrogen) atoms. The van der Waals surface area contributed by atoms with Crippen molar-refractivity contribution in [3.05, 3.63) is 60.1 Å². The zero-order valence-electron chi connectivity index (χ0n) is 13.4. The average Bonchev–Trinajstić information content (AvgIpc) is 3.11. The molecule has 4 rings (SSSR count). The maximum Gasteiger partial charge on any atom is 0.289 e. The highest BCUT2D eigenvalue weighted by Gasteiger charge is 2.42. The molecule has 1 aromatic carbocycles. The van der Waals surface area contributed by atoms with Crippen molar-refractivity contribution in [2.75, 3.05) is 13.1 Å². The number of benzene rings is 1. The third-order valence-electron chi connectivity index (χ3n) is 4.83. The van der Waals surface area contributed by atoms with Crippen LogP contribution < -0.4 is 5.32 Å². The summed E-state index contributed by atoms with van der Waals surface area (Å²) in [6.07, 6.45) is 3.61. The molecule has 0 radical (unpaired) electrons. The van der Waals surface area contributed by atoms with E-state index < -0.39 is 0 Å². The maximum atomic E-state index is 12.7. The van der Waals surface area contributed by atoms with E-state index in [1.807, 2.05) is 30.3 Å². The molecule has 1 aliphatic carbocycles. The summed E-state index contributed by atoms with van der Waals surface area (Å²) in [7, 11) is 0. The van der Waals surface area contributed by atoms with E-state index in [1.165, 1.54) is 6.26 Å². The van der Waals surface area contributed by atoms with Crippen molar-refractivity contribution in [3.8, 4) is 0 Å².